The van der Waals surface area contributed by atoms with Gasteiger partial charge in [-0.05, 0) is 12.1 Å². The second kappa shape index (κ2) is 4.62. The van der Waals surface area contributed by atoms with Crippen LogP contribution >= 0.6 is 34.8 Å². The minimum atomic E-state index is 0.126. The van der Waals surface area contributed by atoms with Gasteiger partial charge in [0.1, 0.15) is 6.61 Å². The minimum absolute atomic E-state index is 0.126. The third-order valence-corrected chi connectivity index (χ3v) is 2.04. The summed E-state index contributed by atoms with van der Waals surface area (Å²) in [6, 6.07) is 3.09. The van der Waals surface area contributed by atoms with Gasteiger partial charge in [0, 0.05) is 5.02 Å². The second-order valence-electron chi connectivity index (χ2n) is 2.19. The van der Waals surface area contributed by atoms with Gasteiger partial charge in [0.2, 0.25) is 0 Å². The highest BCUT2D eigenvalue weighted by molar-refractivity contribution is 6.40. The largest absolute Gasteiger partial charge is 0.478 e. The van der Waals surface area contributed by atoms with Crippen molar-refractivity contribution < 1.29 is 4.74 Å². The SMILES string of the molecule is C#CCOc1c(Cl)cc(Cl)cc1Cl. The van der Waals surface area contributed by atoms with Crippen molar-refractivity contribution in [3.63, 3.8) is 0 Å². The third-order valence-electron chi connectivity index (χ3n) is 1.26. The van der Waals surface area contributed by atoms with Crippen LogP contribution in [0.5, 0.6) is 5.75 Å². The molecule has 0 aliphatic heterocycles. The summed E-state index contributed by atoms with van der Waals surface area (Å²) in [4.78, 5) is 0. The summed E-state index contributed by atoms with van der Waals surface area (Å²) in [5, 5.41) is 1.17. The van der Waals surface area contributed by atoms with E-state index in [-0.39, 0.29) is 6.61 Å². The first-order valence-corrected chi connectivity index (χ1v) is 4.49. The number of halogens is 3. The molecule has 0 aliphatic rings. The maximum absolute atomic E-state index is 5.81. The Morgan fingerprint density at radius 2 is 1.77 bits per heavy atom. The molecule has 0 amide bonds. The van der Waals surface area contributed by atoms with Gasteiger partial charge in [0.25, 0.3) is 0 Å². The lowest BCUT2D eigenvalue weighted by atomic mass is 10.3. The quantitative estimate of drug-likeness (QED) is 0.711. The van der Waals surface area contributed by atoms with Crippen LogP contribution in [0.2, 0.25) is 15.1 Å². The monoisotopic (exact) mass is 234 g/mol. The molecule has 0 unspecified atom stereocenters. The van der Waals surface area contributed by atoms with Gasteiger partial charge in [-0.2, -0.15) is 0 Å². The molecular weight excluding hydrogens is 230 g/mol. The molecule has 0 atom stereocenters. The zero-order valence-corrected chi connectivity index (χ0v) is 8.75. The van der Waals surface area contributed by atoms with Gasteiger partial charge >= 0.3 is 0 Å². The van der Waals surface area contributed by atoms with Crippen LogP contribution < -0.4 is 4.74 Å². The highest BCUT2D eigenvalue weighted by Gasteiger charge is 2.07. The van der Waals surface area contributed by atoms with Crippen LogP contribution in [0.3, 0.4) is 0 Å². The zero-order chi connectivity index (χ0) is 9.84. The fraction of sp³-hybridized carbons (Fsp3) is 0.111. The average Bonchev–Trinajstić information content (AvgIpc) is 2.02. The van der Waals surface area contributed by atoms with Crippen molar-refractivity contribution >= 4 is 34.8 Å². The number of ether oxygens (including phenoxy) is 1. The molecule has 1 rings (SSSR count). The van der Waals surface area contributed by atoms with Crippen LogP contribution in [0.1, 0.15) is 0 Å². The first-order chi connectivity index (χ1) is 6.15. The van der Waals surface area contributed by atoms with E-state index in [9.17, 15) is 0 Å². The van der Waals surface area contributed by atoms with Gasteiger partial charge in [-0.15, -0.1) is 6.42 Å². The first kappa shape index (κ1) is 10.5. The molecular formula is C9H5Cl3O. The Morgan fingerprint density at radius 3 is 2.23 bits per heavy atom. The van der Waals surface area contributed by atoms with Gasteiger partial charge in [-0.1, -0.05) is 40.7 Å². The zero-order valence-electron chi connectivity index (χ0n) is 6.48. The van der Waals surface area contributed by atoms with E-state index in [1.54, 1.807) is 12.1 Å². The van der Waals surface area contributed by atoms with E-state index >= 15 is 0 Å². The lowest BCUT2D eigenvalue weighted by molar-refractivity contribution is 0.371. The molecule has 0 radical (unpaired) electrons. The van der Waals surface area contributed by atoms with Crippen molar-refractivity contribution in [1.82, 2.24) is 0 Å². The Morgan fingerprint density at radius 1 is 1.23 bits per heavy atom. The van der Waals surface area contributed by atoms with Crippen molar-refractivity contribution in [2.75, 3.05) is 6.61 Å². The molecule has 1 aromatic rings. The second-order valence-corrected chi connectivity index (χ2v) is 3.44. The topological polar surface area (TPSA) is 9.23 Å². The van der Waals surface area contributed by atoms with Crippen molar-refractivity contribution in [3.05, 3.63) is 27.2 Å². The highest BCUT2D eigenvalue weighted by atomic mass is 35.5. The molecule has 0 saturated carbocycles. The molecule has 0 fully saturated rings. The minimum Gasteiger partial charge on any atom is -0.478 e. The first-order valence-electron chi connectivity index (χ1n) is 3.36. The van der Waals surface area contributed by atoms with Crippen LogP contribution in [0, 0.1) is 12.3 Å². The Balaban J connectivity index is 3.00. The molecule has 68 valence electrons. The molecule has 0 N–H and O–H groups in total. The Labute approximate surface area is 91.5 Å². The van der Waals surface area contributed by atoms with Crippen LogP contribution in [0.25, 0.3) is 0 Å². The summed E-state index contributed by atoms with van der Waals surface area (Å²) in [6.45, 7) is 0.126. The van der Waals surface area contributed by atoms with Crippen molar-refractivity contribution in [3.8, 4) is 18.1 Å². The fourth-order valence-electron chi connectivity index (χ4n) is 0.781. The molecule has 0 heterocycles. The predicted molar refractivity (Wildman–Crippen MR) is 55.8 cm³/mol. The van der Waals surface area contributed by atoms with E-state index in [0.29, 0.717) is 20.8 Å². The Hall–Kier alpha value is -0.550. The van der Waals surface area contributed by atoms with Crippen LogP contribution in [0.4, 0.5) is 0 Å². The lowest BCUT2D eigenvalue weighted by Crippen LogP contribution is -1.94. The summed E-state index contributed by atoms with van der Waals surface area (Å²) >= 11 is 17.3. The molecule has 0 aromatic heterocycles. The summed E-state index contributed by atoms with van der Waals surface area (Å²) in [5.74, 6) is 2.68. The van der Waals surface area contributed by atoms with Gasteiger partial charge in [0.05, 0.1) is 10.0 Å². The number of hydrogen-bond donors (Lipinski definition) is 0. The van der Waals surface area contributed by atoms with Gasteiger partial charge in [0.15, 0.2) is 5.75 Å². The van der Waals surface area contributed by atoms with Crippen LogP contribution in [-0.2, 0) is 0 Å². The number of rotatable bonds is 2. The molecule has 0 bridgehead atoms. The van der Waals surface area contributed by atoms with E-state index in [1.807, 2.05) is 0 Å². The predicted octanol–water partition coefficient (Wildman–Crippen LogP) is 3.66. The molecule has 1 aromatic carbocycles. The third kappa shape index (κ3) is 2.70. The van der Waals surface area contributed by atoms with E-state index in [2.05, 4.69) is 5.92 Å². The summed E-state index contributed by atoms with van der Waals surface area (Å²) in [7, 11) is 0. The van der Waals surface area contributed by atoms with Gasteiger partial charge in [-0.25, -0.2) is 0 Å². The Bertz CT molecular complexity index is 331. The maximum Gasteiger partial charge on any atom is 0.158 e. The van der Waals surface area contributed by atoms with E-state index in [4.69, 9.17) is 46.0 Å². The van der Waals surface area contributed by atoms with E-state index in [1.165, 1.54) is 0 Å². The number of terminal acetylenes is 1. The maximum atomic E-state index is 5.81. The van der Waals surface area contributed by atoms with Crippen molar-refractivity contribution in [2.45, 2.75) is 0 Å². The molecule has 1 nitrogen and oxygen atoms in total. The lowest BCUT2D eigenvalue weighted by Gasteiger charge is -2.06. The van der Waals surface area contributed by atoms with Crippen LogP contribution in [0.15, 0.2) is 12.1 Å². The summed E-state index contributed by atoms with van der Waals surface area (Å²) in [5.41, 5.74) is 0. The van der Waals surface area contributed by atoms with E-state index < -0.39 is 0 Å². The highest BCUT2D eigenvalue weighted by Crippen LogP contribution is 2.35. The summed E-state index contributed by atoms with van der Waals surface area (Å²) in [6.07, 6.45) is 5.02. The molecule has 4 heteroatoms. The average molecular weight is 235 g/mol. The fourth-order valence-corrected chi connectivity index (χ4v) is 1.71. The molecule has 0 spiro atoms. The van der Waals surface area contributed by atoms with E-state index in [0.717, 1.165) is 0 Å². The molecule has 13 heavy (non-hydrogen) atoms. The molecule has 0 aliphatic carbocycles. The van der Waals surface area contributed by atoms with Gasteiger partial charge < -0.3 is 4.74 Å². The number of hydrogen-bond acceptors (Lipinski definition) is 1. The van der Waals surface area contributed by atoms with Crippen molar-refractivity contribution in [1.29, 1.82) is 0 Å². The smallest absolute Gasteiger partial charge is 0.158 e. The molecule has 0 saturated heterocycles. The van der Waals surface area contributed by atoms with Crippen molar-refractivity contribution in [2.24, 2.45) is 0 Å². The number of benzene rings is 1. The Kier molecular flexibility index (Phi) is 3.74. The standard InChI is InChI=1S/C9H5Cl3O/c1-2-3-13-9-7(11)4-6(10)5-8(9)12/h1,4-5H,3H2. The van der Waals surface area contributed by atoms with Gasteiger partial charge in [-0.3, -0.25) is 0 Å². The summed E-state index contributed by atoms with van der Waals surface area (Å²) < 4.78 is 5.11. The normalized spacial score (nSPS) is 9.38. The van der Waals surface area contributed by atoms with Crippen LogP contribution in [-0.4, -0.2) is 6.61 Å².